The number of hydrogen-bond donors (Lipinski definition) is 1. The lowest BCUT2D eigenvalue weighted by Gasteiger charge is -2.07. The van der Waals surface area contributed by atoms with Crippen LogP contribution in [0.15, 0.2) is 100 Å². The molecule has 0 aromatic heterocycles. The number of benzene rings is 3. The van der Waals surface area contributed by atoms with Crippen LogP contribution in [0.3, 0.4) is 0 Å². The molecule has 0 saturated carbocycles. The number of aliphatic hydroxyl groups excluding tert-OH is 1. The van der Waals surface area contributed by atoms with Crippen molar-refractivity contribution >= 4 is 34.8 Å². The first kappa shape index (κ1) is 24.9. The quantitative estimate of drug-likeness (QED) is 0.392. The number of nitrogens with zero attached hydrogens (tertiary/aromatic N) is 1. The van der Waals surface area contributed by atoms with Crippen molar-refractivity contribution in [3.8, 4) is 5.75 Å². The van der Waals surface area contributed by atoms with E-state index in [-0.39, 0.29) is 35.4 Å². The molecule has 0 spiro atoms. The van der Waals surface area contributed by atoms with E-state index in [4.69, 9.17) is 9.47 Å². The first-order valence-corrected chi connectivity index (χ1v) is 11.9. The van der Waals surface area contributed by atoms with Crippen molar-refractivity contribution in [2.45, 2.75) is 13.5 Å². The van der Waals surface area contributed by atoms with E-state index in [9.17, 15) is 19.1 Å². The number of carbonyl (C=O) groups excluding carboxylic acids is 2. The van der Waals surface area contributed by atoms with Crippen LogP contribution in [0.4, 0.5) is 4.39 Å². The zero-order chi connectivity index (χ0) is 25.5. The third-order valence-electron chi connectivity index (χ3n) is 5.12. The van der Waals surface area contributed by atoms with E-state index in [1.165, 1.54) is 6.07 Å². The molecule has 3 aromatic carbocycles. The molecule has 3 aromatic rings. The summed E-state index contributed by atoms with van der Waals surface area (Å²) in [7, 11) is 0. The lowest BCUT2D eigenvalue weighted by molar-refractivity contribution is -0.138. The number of amides is 1. The molecule has 1 amide bonds. The van der Waals surface area contributed by atoms with Crippen LogP contribution in [0.2, 0.25) is 0 Å². The lowest BCUT2D eigenvalue weighted by atomic mass is 10.1. The van der Waals surface area contributed by atoms with Crippen LogP contribution in [-0.4, -0.2) is 28.6 Å². The highest BCUT2D eigenvalue weighted by Crippen LogP contribution is 2.39. The van der Waals surface area contributed by atoms with Crippen molar-refractivity contribution in [1.82, 2.24) is 0 Å². The zero-order valence-electron chi connectivity index (χ0n) is 19.3. The van der Waals surface area contributed by atoms with E-state index in [1.807, 2.05) is 0 Å². The van der Waals surface area contributed by atoms with Gasteiger partial charge < -0.3 is 14.6 Å². The number of carbonyl (C=O) groups is 2. The maximum atomic E-state index is 13.8. The Labute approximate surface area is 211 Å². The van der Waals surface area contributed by atoms with Gasteiger partial charge in [0.1, 0.15) is 34.5 Å². The summed E-state index contributed by atoms with van der Waals surface area (Å²) >= 11 is 1.00. The summed E-state index contributed by atoms with van der Waals surface area (Å²) in [5.41, 5.74) is 1.37. The minimum Gasteiger partial charge on any atom is -0.506 e. The van der Waals surface area contributed by atoms with Gasteiger partial charge in [-0.2, -0.15) is 0 Å². The fourth-order valence-electron chi connectivity index (χ4n) is 3.32. The van der Waals surface area contributed by atoms with Gasteiger partial charge in [-0.25, -0.2) is 14.2 Å². The first-order valence-electron chi connectivity index (χ1n) is 11.1. The monoisotopic (exact) mass is 503 g/mol. The summed E-state index contributed by atoms with van der Waals surface area (Å²) in [6, 6.07) is 21.8. The minimum absolute atomic E-state index is 0.0656. The molecule has 0 aliphatic carbocycles. The maximum Gasteiger partial charge on any atom is 0.344 e. The Bertz CT molecular complexity index is 1360. The molecule has 36 heavy (non-hydrogen) atoms. The van der Waals surface area contributed by atoms with E-state index < -0.39 is 11.9 Å². The molecule has 0 unspecified atom stereocenters. The summed E-state index contributed by atoms with van der Waals surface area (Å²) in [6.45, 7) is 1.84. The number of aliphatic hydroxyl groups is 1. The standard InChI is InChI=1S/C28H22FNO5S/c1-2-34-28(33)24-25(31)23(36-27(24)30-26(32)19-8-4-3-5-9-19)16-18-12-14-21(15-13-18)35-17-20-10-6-7-11-22(20)29/h3-16,31H,2,17H2,1H3/b23-16-,30-27?. The molecule has 0 bridgehead atoms. The minimum atomic E-state index is -0.762. The van der Waals surface area contributed by atoms with Crippen LogP contribution >= 0.6 is 11.8 Å². The Hall–Kier alpha value is -4.17. The topological polar surface area (TPSA) is 85.2 Å². The number of thioether (sulfide) groups is 1. The second kappa shape index (κ2) is 11.5. The van der Waals surface area contributed by atoms with Crippen molar-refractivity contribution < 1.29 is 28.6 Å². The number of hydrogen-bond acceptors (Lipinski definition) is 6. The molecule has 182 valence electrons. The maximum absolute atomic E-state index is 13.8. The number of aliphatic imine (C=N–C) groups is 1. The lowest BCUT2D eigenvalue weighted by Crippen LogP contribution is -2.14. The summed E-state index contributed by atoms with van der Waals surface area (Å²) in [4.78, 5) is 29.6. The number of ether oxygens (including phenoxy) is 2. The van der Waals surface area contributed by atoms with E-state index in [0.29, 0.717) is 27.3 Å². The molecule has 1 heterocycles. The molecular formula is C28H22FNO5S. The van der Waals surface area contributed by atoms with Crippen LogP contribution in [0.1, 0.15) is 28.4 Å². The van der Waals surface area contributed by atoms with Crippen LogP contribution in [0.25, 0.3) is 6.08 Å². The molecule has 1 N–H and O–H groups in total. The number of rotatable bonds is 7. The van der Waals surface area contributed by atoms with Crippen molar-refractivity contribution in [1.29, 1.82) is 0 Å². The third kappa shape index (κ3) is 5.90. The fraction of sp³-hybridized carbons (Fsp3) is 0.107. The predicted molar refractivity (Wildman–Crippen MR) is 137 cm³/mol. The summed E-state index contributed by atoms with van der Waals surface area (Å²) in [5, 5.41) is 10.9. The Morgan fingerprint density at radius 3 is 2.39 bits per heavy atom. The summed E-state index contributed by atoms with van der Waals surface area (Å²) in [5.74, 6) is -1.40. The van der Waals surface area contributed by atoms with Crippen molar-refractivity contribution in [3.05, 3.63) is 118 Å². The molecule has 8 heteroatoms. The van der Waals surface area contributed by atoms with Crippen LogP contribution < -0.4 is 4.74 Å². The average Bonchev–Trinajstić information content (AvgIpc) is 3.19. The summed E-state index contributed by atoms with van der Waals surface area (Å²) in [6.07, 6.45) is 1.66. The summed E-state index contributed by atoms with van der Waals surface area (Å²) < 4.78 is 24.5. The third-order valence-corrected chi connectivity index (χ3v) is 6.14. The smallest absolute Gasteiger partial charge is 0.344 e. The van der Waals surface area contributed by atoms with E-state index in [0.717, 1.165) is 11.8 Å². The highest BCUT2D eigenvalue weighted by atomic mass is 32.2. The second-order valence-electron chi connectivity index (χ2n) is 7.59. The highest BCUT2D eigenvalue weighted by molar-refractivity contribution is 8.18. The van der Waals surface area contributed by atoms with Gasteiger partial charge in [-0.05, 0) is 48.9 Å². The van der Waals surface area contributed by atoms with Gasteiger partial charge in [0.15, 0.2) is 0 Å². The molecule has 0 radical (unpaired) electrons. The van der Waals surface area contributed by atoms with Gasteiger partial charge >= 0.3 is 5.97 Å². The van der Waals surface area contributed by atoms with Gasteiger partial charge in [0, 0.05) is 11.1 Å². The van der Waals surface area contributed by atoms with Crippen LogP contribution in [0.5, 0.6) is 5.75 Å². The average molecular weight is 504 g/mol. The zero-order valence-corrected chi connectivity index (χ0v) is 20.1. The molecule has 0 fully saturated rings. The predicted octanol–water partition coefficient (Wildman–Crippen LogP) is 6.11. The van der Waals surface area contributed by atoms with Gasteiger partial charge in [0.2, 0.25) is 0 Å². The van der Waals surface area contributed by atoms with E-state index in [2.05, 4.69) is 4.99 Å². The van der Waals surface area contributed by atoms with Crippen molar-refractivity contribution in [2.75, 3.05) is 6.61 Å². The Morgan fingerprint density at radius 1 is 1.00 bits per heavy atom. The Balaban J connectivity index is 1.55. The largest absolute Gasteiger partial charge is 0.506 e. The van der Waals surface area contributed by atoms with Gasteiger partial charge in [-0.15, -0.1) is 0 Å². The van der Waals surface area contributed by atoms with E-state index in [1.54, 1.807) is 85.8 Å². The van der Waals surface area contributed by atoms with Gasteiger partial charge in [0.05, 0.1) is 11.5 Å². The van der Waals surface area contributed by atoms with Crippen LogP contribution in [0, 0.1) is 5.82 Å². The van der Waals surface area contributed by atoms with E-state index >= 15 is 0 Å². The molecule has 0 atom stereocenters. The normalized spacial score (nSPS) is 15.4. The molecule has 1 aliphatic rings. The van der Waals surface area contributed by atoms with Crippen molar-refractivity contribution in [3.63, 3.8) is 0 Å². The first-order chi connectivity index (χ1) is 17.5. The van der Waals surface area contributed by atoms with Gasteiger partial charge in [-0.1, -0.05) is 60.3 Å². The number of esters is 1. The molecule has 1 aliphatic heterocycles. The van der Waals surface area contributed by atoms with Crippen molar-refractivity contribution in [2.24, 2.45) is 4.99 Å². The highest BCUT2D eigenvalue weighted by Gasteiger charge is 2.33. The Kier molecular flexibility index (Phi) is 7.97. The van der Waals surface area contributed by atoms with Gasteiger partial charge in [0.25, 0.3) is 5.91 Å². The molecule has 0 saturated heterocycles. The SMILES string of the molecule is CCOC(=O)C1=C(O)/C(=C/c2ccc(OCc3ccccc3F)cc2)SC1=NC(=O)c1ccccc1. The Morgan fingerprint density at radius 2 is 1.69 bits per heavy atom. The molecule has 6 nitrogen and oxygen atoms in total. The molecule has 4 rings (SSSR count). The van der Waals surface area contributed by atoms with Crippen LogP contribution in [-0.2, 0) is 16.1 Å². The molecular weight excluding hydrogens is 481 g/mol. The fourth-order valence-corrected chi connectivity index (χ4v) is 4.33. The second-order valence-corrected chi connectivity index (χ2v) is 8.62. The van der Waals surface area contributed by atoms with Gasteiger partial charge in [-0.3, -0.25) is 4.79 Å². The number of halogens is 1.